The van der Waals surface area contributed by atoms with Crippen molar-refractivity contribution in [3.05, 3.63) is 38.3 Å². The van der Waals surface area contributed by atoms with Crippen LogP contribution in [-0.4, -0.2) is 36.0 Å². The van der Waals surface area contributed by atoms with E-state index in [9.17, 15) is 10.1 Å². The Morgan fingerprint density at radius 1 is 1.41 bits per heavy atom. The molecule has 1 aromatic rings. The highest BCUT2D eigenvalue weighted by atomic mass is 79.9. The largest absolute Gasteiger partial charge is 0.314 e. The molecule has 0 aliphatic carbocycles. The van der Waals surface area contributed by atoms with Crippen LogP contribution in [0.5, 0.6) is 0 Å². The van der Waals surface area contributed by atoms with Crippen LogP contribution in [0.15, 0.2) is 22.7 Å². The molecule has 0 amide bonds. The lowest BCUT2D eigenvalue weighted by Crippen LogP contribution is -2.42. The Hall–Kier alpha value is -0.980. The summed E-state index contributed by atoms with van der Waals surface area (Å²) in [6, 6.07) is 5.19. The van der Waals surface area contributed by atoms with Crippen LogP contribution in [0.4, 0.5) is 5.69 Å². The van der Waals surface area contributed by atoms with Gasteiger partial charge in [0.05, 0.1) is 9.40 Å². The maximum Gasteiger partial charge on any atom is 0.283 e. The van der Waals surface area contributed by atoms with Crippen molar-refractivity contribution >= 4 is 21.6 Å². The highest BCUT2D eigenvalue weighted by Gasteiger charge is 2.17. The fourth-order valence-electron chi connectivity index (χ4n) is 1.94. The van der Waals surface area contributed by atoms with Crippen molar-refractivity contribution in [2.45, 2.75) is 6.54 Å². The normalized spacial score (nSPS) is 17.0. The number of halogens is 1. The standard InChI is InChI=1S/C11H14BrN3O2/c12-11-9(2-1-3-10(11)15(16)17)8-14-6-4-13-5-7-14/h1-3,13H,4-8H2. The third kappa shape index (κ3) is 3.02. The minimum absolute atomic E-state index is 0.137. The molecule has 0 spiro atoms. The zero-order chi connectivity index (χ0) is 12.3. The average molecular weight is 300 g/mol. The Morgan fingerprint density at radius 2 is 2.12 bits per heavy atom. The van der Waals surface area contributed by atoms with E-state index in [1.807, 2.05) is 6.07 Å². The van der Waals surface area contributed by atoms with Crippen LogP contribution < -0.4 is 5.32 Å². The van der Waals surface area contributed by atoms with Gasteiger partial charge in [-0.3, -0.25) is 15.0 Å². The molecule has 0 radical (unpaired) electrons. The van der Waals surface area contributed by atoms with Crippen molar-refractivity contribution < 1.29 is 4.92 Å². The third-order valence-electron chi connectivity index (χ3n) is 2.86. The zero-order valence-corrected chi connectivity index (χ0v) is 10.9. The van der Waals surface area contributed by atoms with Gasteiger partial charge in [0, 0.05) is 38.8 Å². The molecule has 2 rings (SSSR count). The Balaban J connectivity index is 2.15. The van der Waals surface area contributed by atoms with E-state index in [1.165, 1.54) is 6.07 Å². The number of hydrogen-bond acceptors (Lipinski definition) is 4. The number of nitro benzene ring substituents is 1. The van der Waals surface area contributed by atoms with Crippen LogP contribution in [0, 0.1) is 10.1 Å². The summed E-state index contributed by atoms with van der Waals surface area (Å²) in [7, 11) is 0. The number of rotatable bonds is 3. The average Bonchev–Trinajstić information content (AvgIpc) is 2.33. The summed E-state index contributed by atoms with van der Waals surface area (Å²) in [5.74, 6) is 0. The zero-order valence-electron chi connectivity index (χ0n) is 9.36. The topological polar surface area (TPSA) is 58.4 Å². The molecule has 0 saturated carbocycles. The van der Waals surface area contributed by atoms with Crippen molar-refractivity contribution in [1.29, 1.82) is 0 Å². The van der Waals surface area contributed by atoms with E-state index in [2.05, 4.69) is 26.1 Å². The minimum Gasteiger partial charge on any atom is -0.314 e. The van der Waals surface area contributed by atoms with E-state index in [1.54, 1.807) is 6.07 Å². The summed E-state index contributed by atoms with van der Waals surface area (Å²) >= 11 is 3.32. The van der Waals surface area contributed by atoms with Crippen molar-refractivity contribution in [3.8, 4) is 0 Å². The minimum atomic E-state index is -0.356. The van der Waals surface area contributed by atoms with Gasteiger partial charge < -0.3 is 5.32 Å². The van der Waals surface area contributed by atoms with Crippen LogP contribution in [0.25, 0.3) is 0 Å². The maximum absolute atomic E-state index is 10.8. The molecule has 5 nitrogen and oxygen atoms in total. The quantitative estimate of drug-likeness (QED) is 0.682. The van der Waals surface area contributed by atoms with Gasteiger partial charge in [-0.15, -0.1) is 0 Å². The fourth-order valence-corrected chi connectivity index (χ4v) is 2.47. The SMILES string of the molecule is O=[N+]([O-])c1cccc(CN2CCNCC2)c1Br. The lowest BCUT2D eigenvalue weighted by Gasteiger charge is -2.27. The second kappa shape index (κ2) is 5.57. The number of nitrogens with zero attached hydrogens (tertiary/aromatic N) is 2. The monoisotopic (exact) mass is 299 g/mol. The van der Waals surface area contributed by atoms with Gasteiger partial charge in [0.2, 0.25) is 0 Å². The molecule has 1 aromatic carbocycles. The van der Waals surface area contributed by atoms with Crippen LogP contribution in [0.3, 0.4) is 0 Å². The van der Waals surface area contributed by atoms with Gasteiger partial charge >= 0.3 is 0 Å². The van der Waals surface area contributed by atoms with Gasteiger partial charge in [-0.2, -0.15) is 0 Å². The first-order chi connectivity index (χ1) is 8.18. The highest BCUT2D eigenvalue weighted by molar-refractivity contribution is 9.10. The molecule has 0 bridgehead atoms. The Labute approximate surface area is 108 Å². The van der Waals surface area contributed by atoms with Gasteiger partial charge in [0.25, 0.3) is 5.69 Å². The van der Waals surface area contributed by atoms with E-state index in [0.29, 0.717) is 4.47 Å². The molecule has 0 unspecified atom stereocenters. The summed E-state index contributed by atoms with van der Waals surface area (Å²) in [6.07, 6.45) is 0. The summed E-state index contributed by atoms with van der Waals surface area (Å²) in [4.78, 5) is 12.8. The van der Waals surface area contributed by atoms with Crippen LogP contribution in [-0.2, 0) is 6.54 Å². The van der Waals surface area contributed by atoms with Crippen molar-refractivity contribution in [3.63, 3.8) is 0 Å². The molecule has 1 saturated heterocycles. The van der Waals surface area contributed by atoms with Crippen molar-refractivity contribution in [2.75, 3.05) is 26.2 Å². The predicted octanol–water partition coefficient (Wildman–Crippen LogP) is 1.76. The molecule has 1 aliphatic rings. The van der Waals surface area contributed by atoms with Crippen molar-refractivity contribution in [1.82, 2.24) is 10.2 Å². The van der Waals surface area contributed by atoms with Gasteiger partial charge in [-0.25, -0.2) is 0 Å². The lowest BCUT2D eigenvalue weighted by atomic mass is 10.2. The van der Waals surface area contributed by atoms with Crippen LogP contribution >= 0.6 is 15.9 Å². The first-order valence-corrected chi connectivity index (χ1v) is 6.32. The molecular weight excluding hydrogens is 286 g/mol. The second-order valence-electron chi connectivity index (χ2n) is 4.03. The molecule has 0 atom stereocenters. The predicted molar refractivity (Wildman–Crippen MR) is 68.9 cm³/mol. The first-order valence-electron chi connectivity index (χ1n) is 5.53. The molecule has 0 aromatic heterocycles. The first kappa shape index (κ1) is 12.5. The Kier molecular flexibility index (Phi) is 4.09. The summed E-state index contributed by atoms with van der Waals surface area (Å²) < 4.78 is 0.600. The van der Waals surface area contributed by atoms with Gasteiger partial charge in [-0.05, 0) is 21.5 Å². The molecular formula is C11H14BrN3O2. The third-order valence-corrected chi connectivity index (χ3v) is 3.77. The number of hydrogen-bond donors (Lipinski definition) is 1. The molecule has 1 fully saturated rings. The lowest BCUT2D eigenvalue weighted by molar-refractivity contribution is -0.385. The van der Waals surface area contributed by atoms with E-state index in [-0.39, 0.29) is 10.6 Å². The molecule has 6 heteroatoms. The number of nitro groups is 1. The summed E-state index contributed by atoms with van der Waals surface area (Å²) in [6.45, 7) is 4.67. The molecule has 1 heterocycles. The van der Waals surface area contributed by atoms with E-state index in [0.717, 1.165) is 38.3 Å². The Bertz CT molecular complexity index is 419. The molecule has 1 N–H and O–H groups in total. The maximum atomic E-state index is 10.8. The van der Waals surface area contributed by atoms with Gasteiger partial charge in [0.1, 0.15) is 0 Å². The number of nitrogens with one attached hydrogen (secondary N) is 1. The fraction of sp³-hybridized carbons (Fsp3) is 0.455. The number of piperazine rings is 1. The van der Waals surface area contributed by atoms with Gasteiger partial charge in [-0.1, -0.05) is 12.1 Å². The smallest absolute Gasteiger partial charge is 0.283 e. The van der Waals surface area contributed by atoms with E-state index in [4.69, 9.17) is 0 Å². The van der Waals surface area contributed by atoms with Crippen LogP contribution in [0.1, 0.15) is 5.56 Å². The molecule has 1 aliphatic heterocycles. The summed E-state index contributed by atoms with van der Waals surface area (Å²) in [5.41, 5.74) is 1.11. The van der Waals surface area contributed by atoms with E-state index < -0.39 is 0 Å². The van der Waals surface area contributed by atoms with Gasteiger partial charge in [0.15, 0.2) is 0 Å². The number of benzene rings is 1. The summed E-state index contributed by atoms with van der Waals surface area (Å²) in [5, 5.41) is 14.1. The van der Waals surface area contributed by atoms with Crippen LogP contribution in [0.2, 0.25) is 0 Å². The van der Waals surface area contributed by atoms with Crippen molar-refractivity contribution in [2.24, 2.45) is 0 Å². The second-order valence-corrected chi connectivity index (χ2v) is 4.83. The molecule has 92 valence electrons. The Morgan fingerprint density at radius 3 is 2.76 bits per heavy atom. The van der Waals surface area contributed by atoms with E-state index >= 15 is 0 Å². The highest BCUT2D eigenvalue weighted by Crippen LogP contribution is 2.29. The molecule has 17 heavy (non-hydrogen) atoms.